The van der Waals surface area contributed by atoms with Crippen molar-refractivity contribution in [1.29, 1.82) is 0 Å². The van der Waals surface area contributed by atoms with Crippen LogP contribution in [0.15, 0.2) is 29.3 Å². The summed E-state index contributed by atoms with van der Waals surface area (Å²) < 4.78 is 5.29. The van der Waals surface area contributed by atoms with Gasteiger partial charge in [0.2, 0.25) is 0 Å². The average Bonchev–Trinajstić information content (AvgIpc) is 2.99. The van der Waals surface area contributed by atoms with E-state index in [-0.39, 0.29) is 29.9 Å². The number of amides is 1. The van der Waals surface area contributed by atoms with Crippen LogP contribution in [0, 0.1) is 0 Å². The third kappa shape index (κ3) is 4.81. The van der Waals surface area contributed by atoms with E-state index < -0.39 is 0 Å². The molecule has 1 saturated heterocycles. The minimum atomic E-state index is 0. The van der Waals surface area contributed by atoms with E-state index in [1.54, 1.807) is 0 Å². The van der Waals surface area contributed by atoms with Gasteiger partial charge in [0.05, 0.1) is 19.8 Å². The molecule has 126 valence electrons. The van der Waals surface area contributed by atoms with Crippen LogP contribution in [0.5, 0.6) is 0 Å². The molecule has 1 aromatic rings. The lowest BCUT2D eigenvalue weighted by molar-refractivity contribution is 0.0303. The van der Waals surface area contributed by atoms with Gasteiger partial charge < -0.3 is 20.3 Å². The number of aliphatic imine (C=N–C) groups is 1. The zero-order valence-corrected chi connectivity index (χ0v) is 15.6. The predicted octanol–water partition coefficient (Wildman–Crippen LogP) is 1.21. The van der Waals surface area contributed by atoms with Crippen molar-refractivity contribution in [2.45, 2.75) is 19.5 Å². The van der Waals surface area contributed by atoms with Gasteiger partial charge >= 0.3 is 0 Å². The lowest BCUT2D eigenvalue weighted by atomic mass is 10.1. The number of nitrogens with one attached hydrogen (secondary N) is 2. The van der Waals surface area contributed by atoms with Crippen LogP contribution in [0.1, 0.15) is 22.8 Å². The first-order valence-corrected chi connectivity index (χ1v) is 7.73. The van der Waals surface area contributed by atoms with Crippen LogP contribution in [0.25, 0.3) is 0 Å². The zero-order valence-electron chi connectivity index (χ0n) is 13.2. The topological polar surface area (TPSA) is 66.0 Å². The molecule has 2 aliphatic rings. The minimum absolute atomic E-state index is 0. The number of halogens is 1. The number of benzene rings is 1. The number of carbonyl (C=O) groups is 1. The van der Waals surface area contributed by atoms with Gasteiger partial charge in [0, 0.05) is 31.2 Å². The Morgan fingerprint density at radius 2 is 2.22 bits per heavy atom. The van der Waals surface area contributed by atoms with E-state index in [0.717, 1.165) is 23.6 Å². The lowest BCUT2D eigenvalue weighted by Crippen LogP contribution is -2.40. The van der Waals surface area contributed by atoms with E-state index in [9.17, 15) is 4.79 Å². The number of morpholine rings is 1. The molecular formula is C16H23IN4O2. The molecule has 1 fully saturated rings. The molecule has 7 heteroatoms. The molecule has 0 bridgehead atoms. The zero-order chi connectivity index (χ0) is 15.4. The molecule has 0 spiro atoms. The van der Waals surface area contributed by atoms with Crippen molar-refractivity contribution in [3.05, 3.63) is 35.4 Å². The fourth-order valence-corrected chi connectivity index (χ4v) is 2.61. The molecular weight excluding hydrogens is 407 g/mol. The molecule has 1 aromatic carbocycles. The Bertz CT molecular complexity index is 573. The highest BCUT2D eigenvalue weighted by Crippen LogP contribution is 2.10. The van der Waals surface area contributed by atoms with Crippen LogP contribution in [0.2, 0.25) is 0 Å². The quantitative estimate of drug-likeness (QED) is 0.708. The lowest BCUT2D eigenvalue weighted by Gasteiger charge is -2.27. The SMILES string of the molecule is CC1CN=C(NCc2cccc(C(=O)N3CCOCC3)c2)N1.I. The highest BCUT2D eigenvalue weighted by Gasteiger charge is 2.18. The van der Waals surface area contributed by atoms with Crippen LogP contribution >= 0.6 is 24.0 Å². The monoisotopic (exact) mass is 430 g/mol. The van der Waals surface area contributed by atoms with Crippen LogP contribution in [-0.2, 0) is 11.3 Å². The molecule has 1 atom stereocenters. The maximum Gasteiger partial charge on any atom is 0.254 e. The summed E-state index contributed by atoms with van der Waals surface area (Å²) >= 11 is 0. The Labute approximate surface area is 153 Å². The second-order valence-electron chi connectivity index (χ2n) is 5.69. The van der Waals surface area contributed by atoms with Gasteiger partial charge in [-0.25, -0.2) is 0 Å². The van der Waals surface area contributed by atoms with E-state index in [4.69, 9.17) is 4.74 Å². The van der Waals surface area contributed by atoms with Crippen molar-refractivity contribution < 1.29 is 9.53 Å². The number of ether oxygens (including phenoxy) is 1. The largest absolute Gasteiger partial charge is 0.378 e. The van der Waals surface area contributed by atoms with Gasteiger partial charge in [-0.15, -0.1) is 24.0 Å². The smallest absolute Gasteiger partial charge is 0.254 e. The van der Waals surface area contributed by atoms with E-state index in [1.807, 2.05) is 29.2 Å². The van der Waals surface area contributed by atoms with Crippen molar-refractivity contribution >= 4 is 35.8 Å². The molecule has 1 unspecified atom stereocenters. The van der Waals surface area contributed by atoms with E-state index >= 15 is 0 Å². The van der Waals surface area contributed by atoms with E-state index in [1.165, 1.54) is 0 Å². The molecule has 3 rings (SSSR count). The Balaban J connectivity index is 0.00000192. The summed E-state index contributed by atoms with van der Waals surface area (Å²) in [4.78, 5) is 18.7. The first-order chi connectivity index (χ1) is 10.7. The van der Waals surface area contributed by atoms with Crippen LogP contribution in [0.4, 0.5) is 0 Å². The molecule has 0 aromatic heterocycles. The molecule has 0 aliphatic carbocycles. The summed E-state index contributed by atoms with van der Waals surface area (Å²) in [5.41, 5.74) is 1.80. The average molecular weight is 430 g/mol. The number of guanidine groups is 1. The normalized spacial score (nSPS) is 20.3. The second kappa shape index (κ2) is 8.49. The van der Waals surface area contributed by atoms with Crippen molar-refractivity contribution in [2.24, 2.45) is 4.99 Å². The van der Waals surface area contributed by atoms with Crippen LogP contribution in [-0.4, -0.2) is 55.7 Å². The summed E-state index contributed by atoms with van der Waals surface area (Å²) in [5, 5.41) is 6.53. The third-order valence-electron chi connectivity index (χ3n) is 3.84. The Morgan fingerprint density at radius 3 is 2.91 bits per heavy atom. The number of rotatable bonds is 3. The number of nitrogens with zero attached hydrogens (tertiary/aromatic N) is 2. The van der Waals surface area contributed by atoms with E-state index in [0.29, 0.717) is 38.9 Å². The Kier molecular flexibility index (Phi) is 6.64. The highest BCUT2D eigenvalue weighted by atomic mass is 127. The molecule has 2 aliphatic heterocycles. The van der Waals surface area contributed by atoms with Gasteiger partial charge in [-0.1, -0.05) is 12.1 Å². The van der Waals surface area contributed by atoms with Crippen molar-refractivity contribution in [3.8, 4) is 0 Å². The Morgan fingerprint density at radius 1 is 1.43 bits per heavy atom. The second-order valence-corrected chi connectivity index (χ2v) is 5.69. The standard InChI is InChI=1S/C16H22N4O2.HI/c1-12-10-17-16(19-12)18-11-13-3-2-4-14(9-13)15(21)20-5-7-22-8-6-20;/h2-4,9,12H,5-8,10-11H2,1H3,(H2,17,18,19);1H. The van der Waals surface area contributed by atoms with Gasteiger partial charge in [-0.3, -0.25) is 9.79 Å². The molecule has 0 saturated carbocycles. The molecule has 0 radical (unpaired) electrons. The maximum absolute atomic E-state index is 12.5. The van der Waals surface area contributed by atoms with Crippen molar-refractivity contribution in [1.82, 2.24) is 15.5 Å². The molecule has 6 nitrogen and oxygen atoms in total. The number of hydrogen-bond donors (Lipinski definition) is 2. The predicted molar refractivity (Wildman–Crippen MR) is 100 cm³/mol. The number of carbonyl (C=O) groups excluding carboxylic acids is 1. The van der Waals surface area contributed by atoms with Gasteiger partial charge in [0.25, 0.3) is 5.91 Å². The summed E-state index contributed by atoms with van der Waals surface area (Å²) in [7, 11) is 0. The summed E-state index contributed by atoms with van der Waals surface area (Å²) in [6, 6.07) is 8.15. The minimum Gasteiger partial charge on any atom is -0.378 e. The van der Waals surface area contributed by atoms with Crippen LogP contribution < -0.4 is 10.6 Å². The molecule has 23 heavy (non-hydrogen) atoms. The van der Waals surface area contributed by atoms with Gasteiger partial charge in [0.15, 0.2) is 5.96 Å². The van der Waals surface area contributed by atoms with E-state index in [2.05, 4.69) is 22.5 Å². The first kappa shape index (κ1) is 18.0. The first-order valence-electron chi connectivity index (χ1n) is 7.73. The third-order valence-corrected chi connectivity index (χ3v) is 3.84. The molecule has 2 N–H and O–H groups in total. The molecule has 2 heterocycles. The fourth-order valence-electron chi connectivity index (χ4n) is 2.61. The molecule has 1 amide bonds. The van der Waals surface area contributed by atoms with Gasteiger partial charge in [-0.2, -0.15) is 0 Å². The fraction of sp³-hybridized carbons (Fsp3) is 0.500. The summed E-state index contributed by atoms with van der Waals surface area (Å²) in [6.07, 6.45) is 0. The highest BCUT2D eigenvalue weighted by molar-refractivity contribution is 14.0. The maximum atomic E-state index is 12.5. The van der Waals surface area contributed by atoms with Crippen molar-refractivity contribution in [2.75, 3.05) is 32.8 Å². The van der Waals surface area contributed by atoms with Crippen LogP contribution in [0.3, 0.4) is 0 Å². The summed E-state index contributed by atoms with van der Waals surface area (Å²) in [5.74, 6) is 0.910. The van der Waals surface area contributed by atoms with Gasteiger partial charge in [-0.05, 0) is 24.6 Å². The summed E-state index contributed by atoms with van der Waals surface area (Å²) in [6.45, 7) is 6.13. The van der Waals surface area contributed by atoms with Crippen molar-refractivity contribution in [3.63, 3.8) is 0 Å². The van der Waals surface area contributed by atoms with Gasteiger partial charge in [0.1, 0.15) is 0 Å². The number of hydrogen-bond acceptors (Lipinski definition) is 5. The Hall–Kier alpha value is -1.35.